The van der Waals surface area contributed by atoms with Gasteiger partial charge < -0.3 is 10.2 Å². The SMILES string of the molecule is C[C@@H](O)C#CC[C@H]1C[C@H]1CC/C=C\CCCC(=O)O. The highest BCUT2D eigenvalue weighted by atomic mass is 16.4. The zero-order chi connectivity index (χ0) is 14.1. The Kier molecular flexibility index (Phi) is 7.28. The summed E-state index contributed by atoms with van der Waals surface area (Å²) in [4.78, 5) is 10.3. The van der Waals surface area contributed by atoms with Crippen molar-refractivity contribution in [2.75, 3.05) is 0 Å². The predicted octanol–water partition coefficient (Wildman–Crippen LogP) is 2.99. The molecule has 0 saturated heterocycles. The summed E-state index contributed by atoms with van der Waals surface area (Å²) in [6.45, 7) is 1.69. The van der Waals surface area contributed by atoms with E-state index in [-0.39, 0.29) is 6.42 Å². The van der Waals surface area contributed by atoms with E-state index in [0.717, 1.165) is 37.5 Å². The van der Waals surface area contributed by atoms with Crippen LogP contribution in [0.2, 0.25) is 0 Å². The van der Waals surface area contributed by atoms with Gasteiger partial charge >= 0.3 is 5.97 Å². The molecule has 0 aliphatic heterocycles. The van der Waals surface area contributed by atoms with Crippen LogP contribution >= 0.6 is 0 Å². The van der Waals surface area contributed by atoms with E-state index in [2.05, 4.69) is 24.0 Å². The van der Waals surface area contributed by atoms with Gasteiger partial charge in [-0.2, -0.15) is 0 Å². The van der Waals surface area contributed by atoms with Gasteiger partial charge in [0.25, 0.3) is 0 Å². The number of hydrogen-bond donors (Lipinski definition) is 2. The molecule has 0 aromatic carbocycles. The van der Waals surface area contributed by atoms with Crippen molar-refractivity contribution in [1.29, 1.82) is 0 Å². The molecular weight excluding hydrogens is 240 g/mol. The number of rotatable bonds is 8. The van der Waals surface area contributed by atoms with Gasteiger partial charge in [-0.1, -0.05) is 18.1 Å². The maximum absolute atomic E-state index is 10.3. The van der Waals surface area contributed by atoms with E-state index in [0.29, 0.717) is 0 Å². The molecule has 1 rings (SSSR count). The minimum Gasteiger partial charge on any atom is -0.481 e. The summed E-state index contributed by atoms with van der Waals surface area (Å²) in [5.41, 5.74) is 0. The van der Waals surface area contributed by atoms with Crippen LogP contribution in [0.15, 0.2) is 12.2 Å². The van der Waals surface area contributed by atoms with Crippen molar-refractivity contribution in [3.63, 3.8) is 0 Å². The van der Waals surface area contributed by atoms with Gasteiger partial charge in [0.05, 0.1) is 0 Å². The van der Waals surface area contributed by atoms with Gasteiger partial charge in [-0.25, -0.2) is 0 Å². The molecule has 1 aliphatic rings. The quantitative estimate of drug-likeness (QED) is 0.402. The Hall–Kier alpha value is -1.27. The van der Waals surface area contributed by atoms with Crippen LogP contribution in [0.25, 0.3) is 0 Å². The highest BCUT2D eigenvalue weighted by Gasteiger charge is 2.34. The van der Waals surface area contributed by atoms with Crippen molar-refractivity contribution in [2.45, 2.75) is 58.0 Å². The van der Waals surface area contributed by atoms with E-state index in [9.17, 15) is 4.79 Å². The highest BCUT2D eigenvalue weighted by molar-refractivity contribution is 5.66. The summed E-state index contributed by atoms with van der Waals surface area (Å²) in [6.07, 6.45) is 10.1. The third kappa shape index (κ3) is 8.45. The summed E-state index contributed by atoms with van der Waals surface area (Å²) in [5, 5.41) is 17.5. The largest absolute Gasteiger partial charge is 0.481 e. The van der Waals surface area contributed by atoms with E-state index >= 15 is 0 Å². The lowest BCUT2D eigenvalue weighted by Gasteiger charge is -1.94. The van der Waals surface area contributed by atoms with Gasteiger partial charge in [0.15, 0.2) is 0 Å². The Morgan fingerprint density at radius 2 is 2.11 bits per heavy atom. The second-order valence-electron chi connectivity index (χ2n) is 5.29. The van der Waals surface area contributed by atoms with Crippen LogP contribution in [0, 0.1) is 23.7 Å². The van der Waals surface area contributed by atoms with E-state index in [4.69, 9.17) is 10.2 Å². The van der Waals surface area contributed by atoms with Gasteiger partial charge in [0.1, 0.15) is 6.10 Å². The maximum Gasteiger partial charge on any atom is 0.303 e. The predicted molar refractivity (Wildman–Crippen MR) is 75.5 cm³/mol. The Labute approximate surface area is 115 Å². The van der Waals surface area contributed by atoms with E-state index in [1.807, 2.05) is 0 Å². The zero-order valence-corrected chi connectivity index (χ0v) is 11.6. The number of carbonyl (C=O) groups is 1. The fourth-order valence-electron chi connectivity index (χ4n) is 2.17. The number of carboxylic acids is 1. The van der Waals surface area contributed by atoms with Crippen LogP contribution in [-0.4, -0.2) is 22.3 Å². The first-order chi connectivity index (χ1) is 9.09. The molecule has 0 aromatic heterocycles. The monoisotopic (exact) mass is 264 g/mol. The van der Waals surface area contributed by atoms with E-state index < -0.39 is 12.1 Å². The third-order valence-corrected chi connectivity index (χ3v) is 3.38. The van der Waals surface area contributed by atoms with Crippen molar-refractivity contribution >= 4 is 5.97 Å². The second-order valence-corrected chi connectivity index (χ2v) is 5.29. The first-order valence-electron chi connectivity index (χ1n) is 7.13. The number of carboxylic acid groups (broad SMARTS) is 1. The van der Waals surface area contributed by atoms with Crippen molar-refractivity contribution in [2.24, 2.45) is 11.8 Å². The van der Waals surface area contributed by atoms with E-state index in [1.165, 1.54) is 12.8 Å². The molecular formula is C16H24O3. The van der Waals surface area contributed by atoms with Crippen molar-refractivity contribution in [1.82, 2.24) is 0 Å². The second kappa shape index (κ2) is 8.77. The molecule has 0 radical (unpaired) electrons. The lowest BCUT2D eigenvalue weighted by Crippen LogP contribution is -1.92. The lowest BCUT2D eigenvalue weighted by atomic mass is 10.1. The molecule has 3 atom stereocenters. The molecule has 0 unspecified atom stereocenters. The van der Waals surface area contributed by atoms with Gasteiger partial charge in [-0.05, 0) is 50.9 Å². The maximum atomic E-state index is 10.3. The number of aliphatic carboxylic acids is 1. The molecule has 1 aliphatic carbocycles. The van der Waals surface area contributed by atoms with Crippen molar-refractivity contribution < 1.29 is 15.0 Å². The molecule has 0 spiro atoms. The van der Waals surface area contributed by atoms with Gasteiger partial charge in [0.2, 0.25) is 0 Å². The highest BCUT2D eigenvalue weighted by Crippen LogP contribution is 2.44. The number of allylic oxidation sites excluding steroid dienone is 2. The van der Waals surface area contributed by atoms with Crippen LogP contribution in [-0.2, 0) is 4.79 Å². The minimum absolute atomic E-state index is 0.261. The van der Waals surface area contributed by atoms with Crippen LogP contribution in [0.3, 0.4) is 0 Å². The number of hydrogen-bond acceptors (Lipinski definition) is 2. The Morgan fingerprint density at radius 3 is 2.79 bits per heavy atom. The smallest absolute Gasteiger partial charge is 0.303 e. The van der Waals surface area contributed by atoms with E-state index in [1.54, 1.807) is 6.92 Å². The molecule has 106 valence electrons. The Balaban J connectivity index is 1.96. The molecule has 0 aromatic rings. The van der Waals surface area contributed by atoms with Crippen molar-refractivity contribution in [3.8, 4) is 11.8 Å². The molecule has 0 heterocycles. The Morgan fingerprint density at radius 1 is 1.37 bits per heavy atom. The number of unbranched alkanes of at least 4 members (excludes halogenated alkanes) is 1. The Bertz CT molecular complexity index is 360. The fourth-order valence-corrected chi connectivity index (χ4v) is 2.17. The standard InChI is InChI=1S/C16H24O3/c1-13(17)8-7-10-15-12-14(15)9-5-3-2-4-6-11-16(18)19/h2-3,13-15,17H,4-6,9-12H2,1H3,(H,18,19)/b3-2-/t13-,14-,15+/m1/s1. The summed E-state index contributed by atoms with van der Waals surface area (Å²) in [6, 6.07) is 0. The average molecular weight is 264 g/mol. The fraction of sp³-hybridized carbons (Fsp3) is 0.688. The van der Waals surface area contributed by atoms with Crippen molar-refractivity contribution in [3.05, 3.63) is 12.2 Å². The first kappa shape index (κ1) is 15.8. The van der Waals surface area contributed by atoms with Crippen LogP contribution in [0.5, 0.6) is 0 Å². The van der Waals surface area contributed by atoms with Gasteiger partial charge in [-0.15, -0.1) is 5.92 Å². The lowest BCUT2D eigenvalue weighted by molar-refractivity contribution is -0.137. The topological polar surface area (TPSA) is 57.5 Å². The van der Waals surface area contributed by atoms with Crippen LogP contribution < -0.4 is 0 Å². The van der Waals surface area contributed by atoms with Gasteiger partial charge in [-0.3, -0.25) is 4.79 Å². The molecule has 2 N–H and O–H groups in total. The molecule has 0 bridgehead atoms. The molecule has 0 amide bonds. The van der Waals surface area contributed by atoms with Crippen LogP contribution in [0.1, 0.15) is 51.9 Å². The summed E-state index contributed by atoms with van der Waals surface area (Å²) in [5.74, 6) is 6.62. The molecule has 19 heavy (non-hydrogen) atoms. The zero-order valence-electron chi connectivity index (χ0n) is 11.6. The normalized spacial score (nSPS) is 22.8. The average Bonchev–Trinajstić information content (AvgIpc) is 3.05. The molecule has 3 nitrogen and oxygen atoms in total. The minimum atomic E-state index is -0.715. The number of aliphatic hydroxyl groups is 1. The molecule has 1 saturated carbocycles. The third-order valence-electron chi connectivity index (χ3n) is 3.38. The summed E-state index contributed by atoms with van der Waals surface area (Å²) < 4.78 is 0. The summed E-state index contributed by atoms with van der Waals surface area (Å²) >= 11 is 0. The summed E-state index contributed by atoms with van der Waals surface area (Å²) in [7, 11) is 0. The molecule has 1 fully saturated rings. The number of aliphatic hydroxyl groups excluding tert-OH is 1. The van der Waals surface area contributed by atoms with Gasteiger partial charge in [0, 0.05) is 12.8 Å². The first-order valence-corrected chi connectivity index (χ1v) is 7.13. The van der Waals surface area contributed by atoms with Crippen LogP contribution in [0.4, 0.5) is 0 Å². The molecule has 3 heteroatoms.